The van der Waals surface area contributed by atoms with Gasteiger partial charge in [-0.3, -0.25) is 0 Å². The molecule has 5 heteroatoms. The van der Waals surface area contributed by atoms with Gasteiger partial charge in [-0.05, 0) is 51.8 Å². The van der Waals surface area contributed by atoms with Crippen molar-refractivity contribution in [1.82, 2.24) is 9.97 Å². The number of benzene rings is 1. The van der Waals surface area contributed by atoms with E-state index in [2.05, 4.69) is 37.3 Å². The Balaban J connectivity index is 1.80. The predicted molar refractivity (Wildman–Crippen MR) is 82.6 cm³/mol. The van der Waals surface area contributed by atoms with Gasteiger partial charge in [0.25, 0.3) is 0 Å². The first-order valence-corrected chi connectivity index (χ1v) is 7.01. The predicted octanol–water partition coefficient (Wildman–Crippen LogP) is 4.59. The molecule has 0 amide bonds. The van der Waals surface area contributed by atoms with Crippen LogP contribution in [-0.2, 0) is 6.54 Å². The Hall–Kier alpha value is -1.52. The third-order valence-corrected chi connectivity index (χ3v) is 4.15. The number of hydrogen-bond acceptors (Lipinski definition) is 2. The van der Waals surface area contributed by atoms with Crippen LogP contribution in [0.5, 0.6) is 0 Å². The van der Waals surface area contributed by atoms with Crippen LogP contribution in [0.25, 0.3) is 11.0 Å². The molecule has 3 nitrogen and oxygen atoms in total. The molecule has 2 N–H and O–H groups in total. The van der Waals surface area contributed by atoms with Gasteiger partial charge in [-0.15, -0.1) is 0 Å². The smallest absolute Gasteiger partial charge is 0.137 e. The minimum atomic E-state index is 0.710. The first kappa shape index (κ1) is 12.5. The Morgan fingerprint density at radius 2 is 2.21 bits per heavy atom. The molecule has 0 unspecified atom stereocenters. The number of rotatable bonds is 3. The van der Waals surface area contributed by atoms with E-state index >= 15 is 0 Å². The summed E-state index contributed by atoms with van der Waals surface area (Å²) in [5.74, 6) is 0. The molecule has 0 saturated carbocycles. The molecule has 0 radical (unpaired) electrons. The number of pyridine rings is 1. The number of anilines is 1. The van der Waals surface area contributed by atoms with Crippen LogP contribution < -0.4 is 5.32 Å². The van der Waals surface area contributed by atoms with E-state index in [0.717, 1.165) is 27.7 Å². The second kappa shape index (κ2) is 5.23. The number of aromatic amines is 1. The first-order chi connectivity index (χ1) is 9.24. The van der Waals surface area contributed by atoms with Crippen molar-refractivity contribution < 1.29 is 0 Å². The van der Waals surface area contributed by atoms with Gasteiger partial charge in [0.1, 0.15) is 5.65 Å². The number of nitrogens with zero attached hydrogens (tertiary/aromatic N) is 1. The molecular weight excluding hydrogens is 326 g/mol. The minimum absolute atomic E-state index is 0.710. The fourth-order valence-electron chi connectivity index (χ4n) is 1.96. The van der Waals surface area contributed by atoms with Crippen molar-refractivity contribution in [2.75, 3.05) is 5.32 Å². The summed E-state index contributed by atoms with van der Waals surface area (Å²) in [4.78, 5) is 7.44. The molecule has 3 rings (SSSR count). The van der Waals surface area contributed by atoms with Crippen LogP contribution >= 0.6 is 27.5 Å². The van der Waals surface area contributed by atoms with Crippen LogP contribution in [0.2, 0.25) is 5.02 Å². The van der Waals surface area contributed by atoms with E-state index in [4.69, 9.17) is 11.6 Å². The van der Waals surface area contributed by atoms with Crippen LogP contribution in [0, 0.1) is 0 Å². The molecular formula is C14H11BrClN3. The highest BCUT2D eigenvalue weighted by atomic mass is 79.9. The maximum Gasteiger partial charge on any atom is 0.137 e. The van der Waals surface area contributed by atoms with E-state index < -0.39 is 0 Å². The molecule has 0 fully saturated rings. The van der Waals surface area contributed by atoms with Gasteiger partial charge in [0.15, 0.2) is 0 Å². The highest BCUT2D eigenvalue weighted by molar-refractivity contribution is 9.10. The molecule has 3 aromatic rings. The molecule has 0 aliphatic rings. The second-order valence-corrected chi connectivity index (χ2v) is 5.46. The van der Waals surface area contributed by atoms with Gasteiger partial charge in [-0.25, -0.2) is 4.98 Å². The molecule has 0 bridgehead atoms. The first-order valence-electron chi connectivity index (χ1n) is 5.84. The number of halogens is 2. The van der Waals surface area contributed by atoms with Crippen LogP contribution in [0.4, 0.5) is 5.69 Å². The summed E-state index contributed by atoms with van der Waals surface area (Å²) in [6.07, 6.45) is 3.77. The summed E-state index contributed by atoms with van der Waals surface area (Å²) >= 11 is 9.39. The fourth-order valence-corrected chi connectivity index (χ4v) is 2.46. The highest BCUT2D eigenvalue weighted by Crippen LogP contribution is 2.26. The lowest BCUT2D eigenvalue weighted by Crippen LogP contribution is -1.98. The van der Waals surface area contributed by atoms with Crippen LogP contribution in [0.15, 0.2) is 47.2 Å². The third kappa shape index (κ3) is 2.60. The summed E-state index contributed by atoms with van der Waals surface area (Å²) in [6.45, 7) is 0.736. The Bertz CT molecular complexity index is 724. The molecule has 0 aliphatic carbocycles. The number of fused-ring (bicyclic) bond motifs is 1. The zero-order valence-electron chi connectivity index (χ0n) is 9.95. The van der Waals surface area contributed by atoms with Gasteiger partial charge in [0.05, 0.1) is 5.02 Å². The van der Waals surface area contributed by atoms with E-state index in [0.29, 0.717) is 5.02 Å². The summed E-state index contributed by atoms with van der Waals surface area (Å²) in [7, 11) is 0. The molecule has 2 heterocycles. The van der Waals surface area contributed by atoms with Gasteiger partial charge < -0.3 is 10.3 Å². The van der Waals surface area contributed by atoms with Crippen molar-refractivity contribution in [3.63, 3.8) is 0 Å². The molecule has 0 spiro atoms. The van der Waals surface area contributed by atoms with Crippen molar-refractivity contribution in [3.8, 4) is 0 Å². The maximum absolute atomic E-state index is 5.97. The molecule has 2 aromatic heterocycles. The monoisotopic (exact) mass is 335 g/mol. The summed E-state index contributed by atoms with van der Waals surface area (Å²) in [5.41, 5.74) is 3.13. The number of aromatic nitrogens is 2. The van der Waals surface area contributed by atoms with E-state index in [-0.39, 0.29) is 0 Å². The van der Waals surface area contributed by atoms with Gasteiger partial charge in [0, 0.05) is 34.5 Å². The average Bonchev–Trinajstić information content (AvgIpc) is 2.83. The largest absolute Gasteiger partial charge is 0.381 e. The molecule has 96 valence electrons. The number of H-pyrrole nitrogens is 1. The Labute approximate surface area is 124 Å². The number of hydrogen-bond donors (Lipinski definition) is 2. The zero-order valence-corrected chi connectivity index (χ0v) is 12.3. The van der Waals surface area contributed by atoms with Gasteiger partial charge in [0.2, 0.25) is 0 Å². The van der Waals surface area contributed by atoms with Crippen molar-refractivity contribution in [2.45, 2.75) is 6.54 Å². The van der Waals surface area contributed by atoms with Crippen molar-refractivity contribution in [1.29, 1.82) is 0 Å². The summed E-state index contributed by atoms with van der Waals surface area (Å²) < 4.78 is 0.889. The quantitative estimate of drug-likeness (QED) is 0.734. The van der Waals surface area contributed by atoms with Crippen molar-refractivity contribution in [2.24, 2.45) is 0 Å². The zero-order chi connectivity index (χ0) is 13.2. The molecule has 0 saturated heterocycles. The van der Waals surface area contributed by atoms with Gasteiger partial charge in [-0.2, -0.15) is 0 Å². The Morgan fingerprint density at radius 1 is 1.32 bits per heavy atom. The fraction of sp³-hybridized carbons (Fsp3) is 0.0714. The maximum atomic E-state index is 5.97. The minimum Gasteiger partial charge on any atom is -0.381 e. The lowest BCUT2D eigenvalue weighted by atomic mass is 10.2. The molecule has 0 atom stereocenters. The SMILES string of the molecule is Clc1ccc(NCc2c[nH]c3ncccc23)cc1Br. The normalized spacial score (nSPS) is 10.8. The van der Waals surface area contributed by atoms with Crippen LogP contribution in [-0.4, -0.2) is 9.97 Å². The Morgan fingerprint density at radius 3 is 3.05 bits per heavy atom. The molecule has 0 aliphatic heterocycles. The molecule has 19 heavy (non-hydrogen) atoms. The lowest BCUT2D eigenvalue weighted by Gasteiger charge is -2.06. The van der Waals surface area contributed by atoms with Crippen molar-refractivity contribution >= 4 is 44.3 Å². The average molecular weight is 337 g/mol. The second-order valence-electron chi connectivity index (χ2n) is 4.20. The van der Waals surface area contributed by atoms with Gasteiger partial charge >= 0.3 is 0 Å². The van der Waals surface area contributed by atoms with E-state index in [1.54, 1.807) is 6.20 Å². The van der Waals surface area contributed by atoms with Gasteiger partial charge in [-0.1, -0.05) is 11.6 Å². The van der Waals surface area contributed by atoms with E-state index in [1.165, 1.54) is 5.56 Å². The Kier molecular flexibility index (Phi) is 3.44. The summed E-state index contributed by atoms with van der Waals surface area (Å²) in [5, 5.41) is 5.22. The molecule has 1 aromatic carbocycles. The van der Waals surface area contributed by atoms with E-state index in [1.807, 2.05) is 30.5 Å². The lowest BCUT2D eigenvalue weighted by molar-refractivity contribution is 1.16. The summed E-state index contributed by atoms with van der Waals surface area (Å²) in [6, 6.07) is 9.80. The third-order valence-electron chi connectivity index (χ3n) is 2.94. The van der Waals surface area contributed by atoms with Crippen LogP contribution in [0.1, 0.15) is 5.56 Å². The van der Waals surface area contributed by atoms with Crippen molar-refractivity contribution in [3.05, 3.63) is 57.8 Å². The number of nitrogens with one attached hydrogen (secondary N) is 2. The van der Waals surface area contributed by atoms with E-state index in [9.17, 15) is 0 Å². The van der Waals surface area contributed by atoms with Crippen LogP contribution in [0.3, 0.4) is 0 Å². The standard InChI is InChI=1S/C14H11BrClN3/c15-12-6-10(3-4-13(12)16)18-7-9-8-19-14-11(9)2-1-5-17-14/h1-6,8,18H,7H2,(H,17,19). The topological polar surface area (TPSA) is 40.7 Å². The highest BCUT2D eigenvalue weighted by Gasteiger charge is 2.04.